The molecule has 0 aliphatic heterocycles. The SMILES string of the molecule is [C-]#[N+]c1ccc(-c2ccc(-c3ccc(OCCCCCCC(COC(=O)C=C)OC(=O)C=C)cc3)cc2)cc1. The summed E-state index contributed by atoms with van der Waals surface area (Å²) < 4.78 is 16.2. The van der Waals surface area contributed by atoms with Gasteiger partial charge in [0.15, 0.2) is 5.69 Å². The number of benzene rings is 3. The summed E-state index contributed by atoms with van der Waals surface area (Å²) in [6, 6.07) is 24.0. The van der Waals surface area contributed by atoms with Crippen LogP contribution in [0.2, 0.25) is 0 Å². The molecule has 3 rings (SSSR count). The minimum atomic E-state index is -0.543. The Morgan fingerprint density at radius 2 is 1.26 bits per heavy atom. The summed E-state index contributed by atoms with van der Waals surface area (Å²) in [6.07, 6.45) is 5.94. The van der Waals surface area contributed by atoms with Crippen molar-refractivity contribution in [3.63, 3.8) is 0 Å². The van der Waals surface area contributed by atoms with E-state index in [0.29, 0.717) is 18.7 Å². The fourth-order valence-corrected chi connectivity index (χ4v) is 3.97. The van der Waals surface area contributed by atoms with Gasteiger partial charge in [0.2, 0.25) is 0 Å². The predicted molar refractivity (Wildman–Crippen MR) is 153 cm³/mol. The Morgan fingerprint density at radius 3 is 1.79 bits per heavy atom. The molecule has 39 heavy (non-hydrogen) atoms. The molecule has 6 nitrogen and oxygen atoms in total. The number of rotatable bonds is 15. The van der Waals surface area contributed by atoms with E-state index in [0.717, 1.165) is 65.8 Å². The van der Waals surface area contributed by atoms with Crippen LogP contribution in [-0.2, 0) is 19.1 Å². The Bertz CT molecular complexity index is 1270. The molecular weight excluding hydrogens is 490 g/mol. The first kappa shape index (κ1) is 28.9. The maximum absolute atomic E-state index is 11.5. The van der Waals surface area contributed by atoms with Crippen molar-refractivity contribution in [1.29, 1.82) is 0 Å². The lowest BCUT2D eigenvalue weighted by Crippen LogP contribution is -2.24. The van der Waals surface area contributed by atoms with Crippen molar-refractivity contribution in [3.8, 4) is 28.0 Å². The van der Waals surface area contributed by atoms with Crippen LogP contribution in [0, 0.1) is 6.57 Å². The van der Waals surface area contributed by atoms with Crippen LogP contribution in [0.1, 0.15) is 32.1 Å². The Labute approximate surface area is 230 Å². The van der Waals surface area contributed by atoms with Gasteiger partial charge in [-0.25, -0.2) is 14.4 Å². The fraction of sp³-hybridized carbons (Fsp3) is 0.242. The zero-order valence-electron chi connectivity index (χ0n) is 22.0. The highest BCUT2D eigenvalue weighted by Crippen LogP contribution is 2.27. The largest absolute Gasteiger partial charge is 0.494 e. The number of carbonyl (C=O) groups is 2. The first-order chi connectivity index (χ1) is 19.0. The first-order valence-corrected chi connectivity index (χ1v) is 13.0. The average Bonchev–Trinajstić information content (AvgIpc) is 2.99. The highest BCUT2D eigenvalue weighted by Gasteiger charge is 2.14. The normalized spacial score (nSPS) is 11.1. The molecule has 0 aliphatic rings. The van der Waals surface area contributed by atoms with Crippen molar-refractivity contribution in [2.75, 3.05) is 13.2 Å². The number of esters is 2. The molecule has 200 valence electrons. The standard InChI is InChI=1S/C33H33NO5/c1-4-32(35)38-24-31(39-33(36)5-2)10-8-6-7-9-23-37-30-21-17-28(18-22-30)26-13-11-25(12-14-26)27-15-19-29(34-3)20-16-27/h4-5,11-22,31H,1-2,6-10,23-24H2. The monoisotopic (exact) mass is 523 g/mol. The van der Waals surface area contributed by atoms with Gasteiger partial charge in [-0.05, 0) is 53.6 Å². The molecule has 0 radical (unpaired) electrons. The molecule has 3 aromatic rings. The van der Waals surface area contributed by atoms with Gasteiger partial charge in [-0.3, -0.25) is 0 Å². The Kier molecular flexibility index (Phi) is 11.6. The minimum Gasteiger partial charge on any atom is -0.494 e. The summed E-state index contributed by atoms with van der Waals surface area (Å²) in [5.74, 6) is -0.246. The third-order valence-corrected chi connectivity index (χ3v) is 6.12. The molecule has 1 unspecified atom stereocenters. The van der Waals surface area contributed by atoms with Crippen molar-refractivity contribution < 1.29 is 23.8 Å². The van der Waals surface area contributed by atoms with E-state index in [-0.39, 0.29) is 6.61 Å². The van der Waals surface area contributed by atoms with Gasteiger partial charge in [0.1, 0.15) is 18.5 Å². The molecule has 0 amide bonds. The number of nitrogens with zero attached hydrogens (tertiary/aromatic N) is 1. The summed E-state index contributed by atoms with van der Waals surface area (Å²) >= 11 is 0. The number of hydrogen-bond acceptors (Lipinski definition) is 5. The molecule has 0 aromatic heterocycles. The third kappa shape index (κ3) is 9.64. The molecule has 0 saturated carbocycles. The summed E-state index contributed by atoms with van der Waals surface area (Å²) in [4.78, 5) is 26.2. The molecule has 0 fully saturated rings. The van der Waals surface area contributed by atoms with Crippen molar-refractivity contribution in [2.24, 2.45) is 0 Å². The predicted octanol–water partition coefficient (Wildman–Crippen LogP) is 7.73. The summed E-state index contributed by atoms with van der Waals surface area (Å²) in [6.45, 7) is 14.5. The van der Waals surface area contributed by atoms with Crippen molar-refractivity contribution in [1.82, 2.24) is 0 Å². The van der Waals surface area contributed by atoms with Gasteiger partial charge in [0.05, 0.1) is 13.2 Å². The van der Waals surface area contributed by atoms with Crippen LogP contribution in [0.5, 0.6) is 5.75 Å². The van der Waals surface area contributed by atoms with Crippen LogP contribution in [0.3, 0.4) is 0 Å². The smallest absolute Gasteiger partial charge is 0.330 e. The highest BCUT2D eigenvalue weighted by atomic mass is 16.6. The first-order valence-electron chi connectivity index (χ1n) is 13.0. The van der Waals surface area contributed by atoms with Gasteiger partial charge >= 0.3 is 11.9 Å². The van der Waals surface area contributed by atoms with Gasteiger partial charge < -0.3 is 14.2 Å². The van der Waals surface area contributed by atoms with Gasteiger partial charge in [-0.15, -0.1) is 0 Å². The topological polar surface area (TPSA) is 66.2 Å². The van der Waals surface area contributed by atoms with Crippen LogP contribution < -0.4 is 4.74 Å². The molecular formula is C33H33NO5. The molecule has 1 atom stereocenters. The van der Waals surface area contributed by atoms with Crippen LogP contribution >= 0.6 is 0 Å². The quantitative estimate of drug-likeness (QED) is 0.0883. The minimum absolute atomic E-state index is 0.00563. The second-order valence-electron chi connectivity index (χ2n) is 8.91. The van der Waals surface area contributed by atoms with Gasteiger partial charge in [0.25, 0.3) is 0 Å². The molecule has 0 bridgehead atoms. The van der Waals surface area contributed by atoms with E-state index in [1.165, 1.54) is 0 Å². The Hall–Kier alpha value is -4.63. The lowest BCUT2D eigenvalue weighted by molar-refractivity contribution is -0.153. The lowest BCUT2D eigenvalue weighted by atomic mass is 10.0. The van der Waals surface area contributed by atoms with E-state index in [4.69, 9.17) is 20.8 Å². The van der Waals surface area contributed by atoms with Crippen molar-refractivity contribution in [2.45, 2.75) is 38.2 Å². The van der Waals surface area contributed by atoms with Crippen LogP contribution in [-0.4, -0.2) is 31.3 Å². The van der Waals surface area contributed by atoms with E-state index in [1.54, 1.807) is 0 Å². The third-order valence-electron chi connectivity index (χ3n) is 6.12. The van der Waals surface area contributed by atoms with E-state index >= 15 is 0 Å². The molecule has 0 saturated heterocycles. The van der Waals surface area contributed by atoms with E-state index in [2.05, 4.69) is 54.4 Å². The number of unbranched alkanes of at least 4 members (excludes halogenated alkanes) is 3. The summed E-state index contributed by atoms with van der Waals surface area (Å²) in [7, 11) is 0. The maximum Gasteiger partial charge on any atom is 0.330 e. The molecule has 6 heteroatoms. The van der Waals surface area contributed by atoms with Gasteiger partial charge in [0, 0.05) is 12.2 Å². The molecule has 0 spiro atoms. The van der Waals surface area contributed by atoms with Gasteiger partial charge in [-0.2, -0.15) is 0 Å². The fourth-order valence-electron chi connectivity index (χ4n) is 3.97. The maximum atomic E-state index is 11.5. The second-order valence-corrected chi connectivity index (χ2v) is 8.91. The highest BCUT2D eigenvalue weighted by molar-refractivity contribution is 5.82. The molecule has 0 N–H and O–H groups in total. The van der Waals surface area contributed by atoms with Crippen molar-refractivity contribution in [3.05, 3.63) is 110 Å². The zero-order chi connectivity index (χ0) is 27.9. The van der Waals surface area contributed by atoms with E-state index in [9.17, 15) is 9.59 Å². The van der Waals surface area contributed by atoms with Gasteiger partial charge in [-0.1, -0.05) is 86.7 Å². The lowest BCUT2D eigenvalue weighted by Gasteiger charge is -2.16. The molecule has 0 aliphatic carbocycles. The molecule has 3 aromatic carbocycles. The summed E-state index contributed by atoms with van der Waals surface area (Å²) in [5.41, 5.74) is 5.07. The van der Waals surface area contributed by atoms with Crippen LogP contribution in [0.15, 0.2) is 98.1 Å². The van der Waals surface area contributed by atoms with Crippen molar-refractivity contribution >= 4 is 17.6 Å². The molecule has 0 heterocycles. The van der Waals surface area contributed by atoms with Crippen LogP contribution in [0.25, 0.3) is 27.1 Å². The number of hydrogen-bond donors (Lipinski definition) is 0. The number of ether oxygens (including phenoxy) is 3. The average molecular weight is 524 g/mol. The van der Waals surface area contributed by atoms with E-state index in [1.807, 2.05) is 36.4 Å². The summed E-state index contributed by atoms with van der Waals surface area (Å²) in [5, 5.41) is 0. The van der Waals surface area contributed by atoms with E-state index < -0.39 is 18.0 Å². The Morgan fingerprint density at radius 1 is 0.744 bits per heavy atom. The number of carbonyl (C=O) groups excluding carboxylic acids is 2. The zero-order valence-corrected chi connectivity index (χ0v) is 22.0. The second kappa shape index (κ2) is 15.6. The Balaban J connectivity index is 1.37. The van der Waals surface area contributed by atoms with Crippen LogP contribution in [0.4, 0.5) is 5.69 Å².